The maximum atomic E-state index is 11.9. The number of carbonyl (C=O) groups excluding carboxylic acids is 1. The minimum absolute atomic E-state index is 0.109. The van der Waals surface area contributed by atoms with E-state index in [2.05, 4.69) is 41.5 Å². The van der Waals surface area contributed by atoms with Crippen LogP contribution in [0.4, 0.5) is 0 Å². The van der Waals surface area contributed by atoms with Gasteiger partial charge in [-0.3, -0.25) is 9.89 Å². The van der Waals surface area contributed by atoms with Crippen molar-refractivity contribution in [3.8, 4) is 0 Å². The molecule has 4 nitrogen and oxygen atoms in total. The molecule has 4 heteroatoms. The molecule has 1 aromatic heterocycles. The average molecular weight is 257 g/mol. The Balaban J connectivity index is 2.00. The zero-order chi connectivity index (χ0) is 13.9. The highest BCUT2D eigenvalue weighted by molar-refractivity contribution is 5.92. The van der Waals surface area contributed by atoms with E-state index in [1.165, 1.54) is 5.56 Å². The van der Waals surface area contributed by atoms with Gasteiger partial charge in [-0.05, 0) is 18.6 Å². The van der Waals surface area contributed by atoms with Crippen LogP contribution in [0.1, 0.15) is 35.6 Å². The molecule has 0 saturated heterocycles. The molecule has 1 aromatic carbocycles. The van der Waals surface area contributed by atoms with Gasteiger partial charge in [0.05, 0.1) is 0 Å². The number of nitrogens with one attached hydrogen (secondary N) is 2. The van der Waals surface area contributed by atoms with Crippen LogP contribution in [0.3, 0.4) is 0 Å². The second-order valence-electron chi connectivity index (χ2n) is 5.37. The first-order valence-corrected chi connectivity index (χ1v) is 6.35. The van der Waals surface area contributed by atoms with Gasteiger partial charge in [-0.1, -0.05) is 44.2 Å². The van der Waals surface area contributed by atoms with Gasteiger partial charge in [-0.15, -0.1) is 0 Å². The van der Waals surface area contributed by atoms with Crippen molar-refractivity contribution in [2.45, 2.75) is 26.2 Å². The fraction of sp³-hybridized carbons (Fsp3) is 0.333. The number of aryl methyl sites for hydroxylation is 1. The number of hydrogen-bond acceptors (Lipinski definition) is 2. The maximum Gasteiger partial charge on any atom is 0.271 e. The van der Waals surface area contributed by atoms with E-state index in [0.717, 1.165) is 5.69 Å². The summed E-state index contributed by atoms with van der Waals surface area (Å²) >= 11 is 0. The lowest BCUT2D eigenvalue weighted by Crippen LogP contribution is -2.36. The number of hydrogen-bond donors (Lipinski definition) is 2. The molecule has 2 aromatic rings. The average Bonchev–Trinajstić information content (AvgIpc) is 2.84. The van der Waals surface area contributed by atoms with Crippen molar-refractivity contribution in [3.05, 3.63) is 53.3 Å². The highest BCUT2D eigenvalue weighted by atomic mass is 16.1. The maximum absolute atomic E-state index is 11.9. The summed E-state index contributed by atoms with van der Waals surface area (Å²) < 4.78 is 0. The second kappa shape index (κ2) is 5.26. The van der Waals surface area contributed by atoms with Gasteiger partial charge in [0.25, 0.3) is 5.91 Å². The van der Waals surface area contributed by atoms with Crippen LogP contribution in [-0.2, 0) is 5.41 Å². The summed E-state index contributed by atoms with van der Waals surface area (Å²) in [4.78, 5) is 11.9. The number of aromatic nitrogens is 2. The van der Waals surface area contributed by atoms with Gasteiger partial charge in [-0.25, -0.2) is 0 Å². The molecule has 100 valence electrons. The van der Waals surface area contributed by atoms with E-state index in [4.69, 9.17) is 0 Å². The zero-order valence-electron chi connectivity index (χ0n) is 11.5. The number of H-pyrrole nitrogens is 1. The molecule has 0 fully saturated rings. The molecule has 2 rings (SSSR count). The van der Waals surface area contributed by atoms with Gasteiger partial charge in [0, 0.05) is 17.7 Å². The minimum atomic E-state index is -0.145. The number of aromatic amines is 1. The smallest absolute Gasteiger partial charge is 0.271 e. The van der Waals surface area contributed by atoms with Crippen molar-refractivity contribution in [2.75, 3.05) is 6.54 Å². The Morgan fingerprint density at radius 2 is 2.00 bits per heavy atom. The molecule has 0 aliphatic heterocycles. The number of carbonyl (C=O) groups is 1. The van der Waals surface area contributed by atoms with Crippen LogP contribution in [0.15, 0.2) is 36.4 Å². The first-order chi connectivity index (χ1) is 8.99. The number of rotatable bonds is 4. The Bertz CT molecular complexity index is 558. The van der Waals surface area contributed by atoms with Gasteiger partial charge in [0.1, 0.15) is 5.69 Å². The Hall–Kier alpha value is -2.10. The molecule has 1 amide bonds. The number of amides is 1. The zero-order valence-corrected chi connectivity index (χ0v) is 11.5. The lowest BCUT2D eigenvalue weighted by atomic mass is 9.84. The summed E-state index contributed by atoms with van der Waals surface area (Å²) in [6, 6.07) is 11.9. The molecule has 0 saturated carbocycles. The van der Waals surface area contributed by atoms with Crippen molar-refractivity contribution in [3.63, 3.8) is 0 Å². The molecule has 0 unspecified atom stereocenters. The van der Waals surface area contributed by atoms with Crippen LogP contribution in [0.25, 0.3) is 0 Å². The van der Waals surface area contributed by atoms with E-state index in [-0.39, 0.29) is 11.3 Å². The van der Waals surface area contributed by atoms with Crippen molar-refractivity contribution in [1.82, 2.24) is 15.5 Å². The van der Waals surface area contributed by atoms with Gasteiger partial charge in [0.2, 0.25) is 0 Å². The largest absolute Gasteiger partial charge is 0.350 e. The van der Waals surface area contributed by atoms with Crippen molar-refractivity contribution < 1.29 is 4.79 Å². The molecule has 0 bridgehead atoms. The van der Waals surface area contributed by atoms with E-state index in [1.54, 1.807) is 6.07 Å². The summed E-state index contributed by atoms with van der Waals surface area (Å²) in [5, 5.41) is 9.65. The molecule has 2 N–H and O–H groups in total. The van der Waals surface area contributed by atoms with Crippen LogP contribution in [0, 0.1) is 6.92 Å². The SMILES string of the molecule is Cc1cc(C(=O)NCC(C)(C)c2ccccc2)n[nH]1. The van der Waals surface area contributed by atoms with Crippen LogP contribution >= 0.6 is 0 Å². The molecular formula is C15H19N3O. The summed E-state index contributed by atoms with van der Waals surface area (Å²) in [7, 11) is 0. The van der Waals surface area contributed by atoms with Gasteiger partial charge < -0.3 is 5.32 Å². The highest BCUT2D eigenvalue weighted by Crippen LogP contribution is 2.21. The third-order valence-electron chi connectivity index (χ3n) is 3.18. The molecule has 19 heavy (non-hydrogen) atoms. The summed E-state index contributed by atoms with van der Waals surface area (Å²) in [5.41, 5.74) is 2.41. The Morgan fingerprint density at radius 3 is 2.58 bits per heavy atom. The van der Waals surface area contributed by atoms with Crippen LogP contribution in [-0.4, -0.2) is 22.6 Å². The fourth-order valence-corrected chi connectivity index (χ4v) is 1.92. The number of nitrogens with zero attached hydrogens (tertiary/aromatic N) is 1. The first kappa shape index (κ1) is 13.3. The quantitative estimate of drug-likeness (QED) is 0.883. The Morgan fingerprint density at radius 1 is 1.32 bits per heavy atom. The summed E-state index contributed by atoms with van der Waals surface area (Å²) in [6.45, 7) is 6.66. The monoisotopic (exact) mass is 257 g/mol. The molecule has 0 aliphatic carbocycles. The van der Waals surface area contributed by atoms with Crippen molar-refractivity contribution in [2.24, 2.45) is 0 Å². The molecule has 0 aliphatic rings. The van der Waals surface area contributed by atoms with E-state index in [9.17, 15) is 4.79 Å². The van der Waals surface area contributed by atoms with Gasteiger partial charge in [0.15, 0.2) is 0 Å². The normalized spacial score (nSPS) is 11.3. The standard InChI is InChI=1S/C15H19N3O/c1-11-9-13(18-17-11)14(19)16-10-15(2,3)12-7-5-4-6-8-12/h4-9H,10H2,1-3H3,(H,16,19)(H,17,18). The predicted molar refractivity (Wildman–Crippen MR) is 75.1 cm³/mol. The van der Waals surface area contributed by atoms with E-state index >= 15 is 0 Å². The molecule has 0 radical (unpaired) electrons. The van der Waals surface area contributed by atoms with E-state index in [1.807, 2.05) is 25.1 Å². The molecule has 0 spiro atoms. The fourth-order valence-electron chi connectivity index (χ4n) is 1.92. The van der Waals surface area contributed by atoms with Crippen LogP contribution < -0.4 is 5.32 Å². The topological polar surface area (TPSA) is 57.8 Å². The second-order valence-corrected chi connectivity index (χ2v) is 5.37. The predicted octanol–water partition coefficient (Wildman–Crippen LogP) is 2.43. The van der Waals surface area contributed by atoms with Crippen LogP contribution in [0.5, 0.6) is 0 Å². The van der Waals surface area contributed by atoms with Crippen molar-refractivity contribution >= 4 is 5.91 Å². The van der Waals surface area contributed by atoms with Crippen molar-refractivity contribution in [1.29, 1.82) is 0 Å². The third-order valence-corrected chi connectivity index (χ3v) is 3.18. The highest BCUT2D eigenvalue weighted by Gasteiger charge is 2.21. The lowest BCUT2D eigenvalue weighted by molar-refractivity contribution is 0.0940. The molecule has 1 heterocycles. The third kappa shape index (κ3) is 3.22. The summed E-state index contributed by atoms with van der Waals surface area (Å²) in [6.07, 6.45) is 0. The van der Waals surface area contributed by atoms with Gasteiger partial charge in [-0.2, -0.15) is 5.10 Å². The van der Waals surface area contributed by atoms with Gasteiger partial charge >= 0.3 is 0 Å². The minimum Gasteiger partial charge on any atom is -0.350 e. The lowest BCUT2D eigenvalue weighted by Gasteiger charge is -2.25. The first-order valence-electron chi connectivity index (χ1n) is 6.35. The molecule has 0 atom stereocenters. The van der Waals surface area contributed by atoms with E-state index < -0.39 is 0 Å². The number of benzene rings is 1. The Kier molecular flexibility index (Phi) is 3.69. The van der Waals surface area contributed by atoms with E-state index in [0.29, 0.717) is 12.2 Å². The van der Waals surface area contributed by atoms with Crippen LogP contribution in [0.2, 0.25) is 0 Å². The molecular weight excluding hydrogens is 238 g/mol. The Labute approximate surface area is 113 Å². The summed E-state index contributed by atoms with van der Waals surface area (Å²) in [5.74, 6) is -0.145.